The molecular formula is C29H29F6NO5. The number of piperidine rings is 1. The van der Waals surface area contributed by atoms with Crippen LogP contribution in [0.25, 0.3) is 0 Å². The summed E-state index contributed by atoms with van der Waals surface area (Å²) in [7, 11) is 0. The zero-order valence-corrected chi connectivity index (χ0v) is 22.2. The van der Waals surface area contributed by atoms with Gasteiger partial charge >= 0.3 is 18.3 Å². The lowest BCUT2D eigenvalue weighted by molar-refractivity contribution is -0.467. The van der Waals surface area contributed by atoms with Crippen molar-refractivity contribution in [2.24, 2.45) is 23.7 Å². The zero-order chi connectivity index (χ0) is 29.6. The van der Waals surface area contributed by atoms with Crippen molar-refractivity contribution in [1.29, 1.82) is 0 Å². The number of benzene rings is 2. The SMILES string of the molecule is C[C@H](C(=O)O)[C@@H](O)c1ccc2c(c1)OC(C1C3COC34C1CN4[C@@H](C)c1cc(C(F)(F)F)ccc1C(F)(F)F)CC2. The molecule has 3 fully saturated rings. The number of carboxylic acids is 1. The fourth-order valence-corrected chi connectivity index (χ4v) is 7.34. The van der Waals surface area contributed by atoms with Crippen LogP contribution >= 0.6 is 0 Å². The molecule has 2 saturated heterocycles. The van der Waals surface area contributed by atoms with Crippen LogP contribution in [0.1, 0.15) is 60.2 Å². The zero-order valence-electron chi connectivity index (χ0n) is 22.2. The Morgan fingerprint density at radius 3 is 2.37 bits per heavy atom. The van der Waals surface area contributed by atoms with Gasteiger partial charge in [0, 0.05) is 30.3 Å². The van der Waals surface area contributed by atoms with Crippen molar-refractivity contribution in [3.8, 4) is 5.75 Å². The molecule has 6 nitrogen and oxygen atoms in total. The standard InChI is InChI=1S/C29H29F6NO5/c1-13(26(38)39)25(37)16-4-3-15-5-8-22(41-23(15)9-16)24-20-11-36(27(20)21(24)12-40-27)14(2)18-10-17(28(30,31)32)6-7-19(18)29(33,34)35/h3-4,6-7,9-10,13-14,20-22,24-25,37H,5,8,11-12H2,1-2H3,(H,38,39)/t13-,14-,20?,21?,22?,24?,25+,27?/m0/s1. The van der Waals surface area contributed by atoms with Gasteiger partial charge in [-0.2, -0.15) is 26.3 Å². The Kier molecular flexibility index (Phi) is 6.44. The number of ether oxygens (including phenoxy) is 2. The number of likely N-dealkylation sites (tertiary alicyclic amines) is 1. The van der Waals surface area contributed by atoms with E-state index < -0.39 is 58.8 Å². The van der Waals surface area contributed by atoms with Crippen LogP contribution in [0, 0.1) is 23.7 Å². The van der Waals surface area contributed by atoms with Crippen LogP contribution < -0.4 is 4.74 Å². The number of carboxylic acid groups (broad SMARTS) is 1. The van der Waals surface area contributed by atoms with E-state index >= 15 is 0 Å². The molecule has 222 valence electrons. The third-order valence-corrected chi connectivity index (χ3v) is 9.63. The number of hydrogen-bond acceptors (Lipinski definition) is 5. The first-order chi connectivity index (χ1) is 19.1. The topological polar surface area (TPSA) is 79.2 Å². The number of fused-ring (bicyclic) bond motifs is 1. The lowest BCUT2D eigenvalue weighted by Gasteiger charge is -2.80. The van der Waals surface area contributed by atoms with E-state index in [1.54, 1.807) is 17.0 Å². The minimum Gasteiger partial charge on any atom is -0.490 e. The Bertz CT molecular complexity index is 1370. The van der Waals surface area contributed by atoms with Gasteiger partial charge in [0.2, 0.25) is 0 Å². The van der Waals surface area contributed by atoms with Gasteiger partial charge < -0.3 is 19.7 Å². The first-order valence-corrected chi connectivity index (χ1v) is 13.5. The molecule has 41 heavy (non-hydrogen) atoms. The quantitative estimate of drug-likeness (QED) is 0.415. The van der Waals surface area contributed by atoms with E-state index in [1.165, 1.54) is 13.8 Å². The summed E-state index contributed by atoms with van der Waals surface area (Å²) in [5, 5.41) is 19.7. The molecule has 8 atom stereocenters. The number of carbonyl (C=O) groups is 1. The third-order valence-electron chi connectivity index (χ3n) is 9.63. The molecule has 1 spiro atoms. The molecule has 1 aliphatic carbocycles. The average molecular weight is 586 g/mol. The number of aryl methyl sites for hydroxylation is 1. The number of aliphatic carboxylic acids is 1. The normalized spacial score (nSPS) is 31.1. The van der Waals surface area contributed by atoms with Crippen LogP contribution in [-0.4, -0.2) is 46.1 Å². The summed E-state index contributed by atoms with van der Waals surface area (Å²) in [5.74, 6) is -1.61. The van der Waals surface area contributed by atoms with E-state index in [0.717, 1.165) is 5.56 Å². The monoisotopic (exact) mass is 585 g/mol. The Hall–Kier alpha value is -2.83. The highest BCUT2D eigenvalue weighted by Gasteiger charge is 2.79. The van der Waals surface area contributed by atoms with E-state index in [2.05, 4.69) is 0 Å². The summed E-state index contributed by atoms with van der Waals surface area (Å²) in [6, 6.07) is 5.77. The van der Waals surface area contributed by atoms with Gasteiger partial charge in [0.05, 0.1) is 29.8 Å². The van der Waals surface area contributed by atoms with Gasteiger partial charge in [-0.15, -0.1) is 0 Å². The minimum atomic E-state index is -4.81. The lowest BCUT2D eigenvalue weighted by atomic mass is 9.47. The number of hydrogen-bond donors (Lipinski definition) is 2. The molecule has 2 aromatic carbocycles. The highest BCUT2D eigenvalue weighted by molar-refractivity contribution is 5.70. The second-order valence-corrected chi connectivity index (χ2v) is 11.6. The van der Waals surface area contributed by atoms with Crippen molar-refractivity contribution in [2.45, 2.75) is 63.0 Å². The van der Waals surface area contributed by atoms with Crippen molar-refractivity contribution in [3.05, 3.63) is 64.2 Å². The predicted molar refractivity (Wildman–Crippen MR) is 132 cm³/mol. The highest BCUT2D eigenvalue weighted by Crippen LogP contribution is 2.69. The predicted octanol–water partition coefficient (Wildman–Crippen LogP) is 5.84. The Morgan fingerprint density at radius 1 is 1.05 bits per heavy atom. The second kappa shape index (κ2) is 9.34. The minimum absolute atomic E-state index is 0.0452. The molecule has 12 heteroatoms. The van der Waals surface area contributed by atoms with Gasteiger partial charge in [-0.1, -0.05) is 12.1 Å². The summed E-state index contributed by atoms with van der Waals surface area (Å²) in [5.41, 5.74) is -2.10. The first kappa shape index (κ1) is 28.3. The Balaban J connectivity index is 1.21. The van der Waals surface area contributed by atoms with Crippen molar-refractivity contribution >= 4 is 5.97 Å². The lowest BCUT2D eigenvalue weighted by Crippen LogP contribution is -2.90. The van der Waals surface area contributed by atoms with E-state index in [4.69, 9.17) is 9.47 Å². The maximum absolute atomic E-state index is 13.8. The average Bonchev–Trinajstić information content (AvgIpc) is 2.88. The molecule has 0 bridgehead atoms. The maximum Gasteiger partial charge on any atom is 0.416 e. The Labute approximate surface area is 231 Å². The van der Waals surface area contributed by atoms with Gasteiger partial charge in [-0.3, -0.25) is 9.69 Å². The molecule has 4 aliphatic rings. The largest absolute Gasteiger partial charge is 0.490 e. The fourth-order valence-electron chi connectivity index (χ4n) is 7.34. The fraction of sp³-hybridized carbons (Fsp3) is 0.552. The number of aliphatic hydroxyl groups excluding tert-OH is 1. The van der Waals surface area contributed by atoms with Gasteiger partial charge in [0.15, 0.2) is 0 Å². The molecule has 0 aromatic heterocycles. The molecular weight excluding hydrogens is 556 g/mol. The van der Waals surface area contributed by atoms with E-state index in [9.17, 15) is 41.4 Å². The van der Waals surface area contributed by atoms with Crippen molar-refractivity contribution in [1.82, 2.24) is 4.90 Å². The van der Waals surface area contributed by atoms with Gasteiger partial charge in [-0.05, 0) is 67.6 Å². The van der Waals surface area contributed by atoms with Crippen molar-refractivity contribution in [2.75, 3.05) is 13.2 Å². The van der Waals surface area contributed by atoms with Crippen LogP contribution in [-0.2, 0) is 28.3 Å². The molecule has 2 aromatic rings. The van der Waals surface area contributed by atoms with E-state index in [1.807, 2.05) is 6.07 Å². The highest BCUT2D eigenvalue weighted by atomic mass is 19.4. The van der Waals surface area contributed by atoms with Crippen LogP contribution in [0.5, 0.6) is 5.75 Å². The molecule has 5 unspecified atom stereocenters. The molecule has 3 heterocycles. The maximum atomic E-state index is 13.8. The number of nitrogens with zero attached hydrogens (tertiary/aromatic N) is 1. The summed E-state index contributed by atoms with van der Waals surface area (Å²) in [6.07, 6.45) is -9.60. The third kappa shape index (κ3) is 4.24. The summed E-state index contributed by atoms with van der Waals surface area (Å²) in [4.78, 5) is 13.1. The van der Waals surface area contributed by atoms with Crippen LogP contribution in [0.3, 0.4) is 0 Å². The number of rotatable bonds is 6. The number of alkyl halides is 6. The first-order valence-electron chi connectivity index (χ1n) is 13.5. The summed E-state index contributed by atoms with van der Waals surface area (Å²) in [6.45, 7) is 3.64. The molecule has 6 rings (SSSR count). The Morgan fingerprint density at radius 2 is 1.78 bits per heavy atom. The van der Waals surface area contributed by atoms with Crippen molar-refractivity contribution < 1.29 is 50.8 Å². The van der Waals surface area contributed by atoms with Crippen molar-refractivity contribution in [3.63, 3.8) is 0 Å². The number of aliphatic hydroxyl groups is 1. The molecule has 0 amide bonds. The second-order valence-electron chi connectivity index (χ2n) is 11.6. The smallest absolute Gasteiger partial charge is 0.416 e. The van der Waals surface area contributed by atoms with E-state index in [-0.39, 0.29) is 23.9 Å². The molecule has 3 aliphatic heterocycles. The summed E-state index contributed by atoms with van der Waals surface area (Å²) < 4.78 is 93.9. The molecule has 1 saturated carbocycles. The van der Waals surface area contributed by atoms with Gasteiger partial charge in [-0.25, -0.2) is 0 Å². The van der Waals surface area contributed by atoms with Gasteiger partial charge in [0.25, 0.3) is 0 Å². The number of halogens is 6. The van der Waals surface area contributed by atoms with Crippen LogP contribution in [0.2, 0.25) is 0 Å². The van der Waals surface area contributed by atoms with Crippen LogP contribution in [0.15, 0.2) is 36.4 Å². The van der Waals surface area contributed by atoms with Crippen LogP contribution in [0.4, 0.5) is 26.3 Å². The summed E-state index contributed by atoms with van der Waals surface area (Å²) >= 11 is 0. The van der Waals surface area contributed by atoms with Gasteiger partial charge in [0.1, 0.15) is 17.6 Å². The van der Waals surface area contributed by atoms with E-state index in [0.29, 0.717) is 55.5 Å². The molecule has 2 N–H and O–H groups in total. The molecule has 0 radical (unpaired) electrons.